The third-order valence-corrected chi connectivity index (χ3v) is 6.23. The number of amides is 1. The molecule has 0 spiro atoms. The monoisotopic (exact) mass is 376 g/mol. The van der Waals surface area contributed by atoms with E-state index in [-0.39, 0.29) is 16.6 Å². The van der Waals surface area contributed by atoms with Crippen LogP contribution in [0.2, 0.25) is 0 Å². The highest BCUT2D eigenvalue weighted by Crippen LogP contribution is 2.24. The van der Waals surface area contributed by atoms with Crippen LogP contribution in [-0.4, -0.2) is 33.7 Å². The van der Waals surface area contributed by atoms with Crippen molar-refractivity contribution in [3.8, 4) is 0 Å². The molecule has 132 valence electrons. The van der Waals surface area contributed by atoms with Crippen LogP contribution in [0, 0.1) is 0 Å². The van der Waals surface area contributed by atoms with Gasteiger partial charge in [0.05, 0.1) is 16.3 Å². The molecule has 0 atom stereocenters. The second kappa shape index (κ2) is 8.73. The van der Waals surface area contributed by atoms with Gasteiger partial charge in [-0.1, -0.05) is 24.3 Å². The molecule has 2 aromatic rings. The maximum Gasteiger partial charge on any atom is 0.264 e. The summed E-state index contributed by atoms with van der Waals surface area (Å²) in [5.74, 6) is 0.175. The molecule has 0 radical (unpaired) electrons. The Morgan fingerprint density at radius 3 is 2.40 bits per heavy atom. The van der Waals surface area contributed by atoms with Crippen molar-refractivity contribution in [2.75, 3.05) is 23.7 Å². The minimum absolute atomic E-state index is 0.0922. The van der Waals surface area contributed by atoms with Crippen LogP contribution in [0.4, 0.5) is 5.69 Å². The topological polar surface area (TPSA) is 66.5 Å². The minimum atomic E-state index is -3.62. The van der Waals surface area contributed by atoms with Crippen LogP contribution < -0.4 is 9.62 Å². The molecule has 2 rings (SSSR count). The number of rotatable bonds is 8. The van der Waals surface area contributed by atoms with Crippen LogP contribution in [0.3, 0.4) is 0 Å². The fourth-order valence-electron chi connectivity index (χ4n) is 2.03. The van der Waals surface area contributed by atoms with Gasteiger partial charge in [-0.05, 0) is 36.4 Å². The van der Waals surface area contributed by atoms with Crippen molar-refractivity contribution in [2.24, 2.45) is 0 Å². The zero-order valence-electron chi connectivity index (χ0n) is 13.9. The zero-order chi connectivity index (χ0) is 18.3. The Kier molecular flexibility index (Phi) is 6.66. The van der Waals surface area contributed by atoms with E-state index in [1.807, 2.05) is 6.07 Å². The maximum absolute atomic E-state index is 12.7. The van der Waals surface area contributed by atoms with Gasteiger partial charge in [0.1, 0.15) is 0 Å². The van der Waals surface area contributed by atoms with Crippen molar-refractivity contribution in [2.45, 2.75) is 9.79 Å². The number of hydrogen-bond donors (Lipinski definition) is 1. The number of sulfonamides is 1. The van der Waals surface area contributed by atoms with Crippen molar-refractivity contribution in [1.29, 1.82) is 0 Å². The molecule has 0 aliphatic heterocycles. The average Bonchev–Trinajstić information content (AvgIpc) is 2.65. The molecule has 7 heteroatoms. The van der Waals surface area contributed by atoms with Crippen LogP contribution in [0.1, 0.15) is 0 Å². The maximum atomic E-state index is 12.7. The number of nitrogens with one attached hydrogen (secondary N) is 1. The lowest BCUT2D eigenvalue weighted by molar-refractivity contribution is -0.118. The Hall–Kier alpha value is -2.25. The molecule has 0 fully saturated rings. The standard InChI is InChI=1S/C18H20N2O3S2/c1-3-13-19-18(21)14-24-16-9-11-17(12-10-16)25(22,23)20(2)15-7-5-4-6-8-15/h3-12H,1,13-14H2,2H3,(H,19,21). The molecule has 25 heavy (non-hydrogen) atoms. The highest BCUT2D eigenvalue weighted by molar-refractivity contribution is 8.00. The predicted octanol–water partition coefficient (Wildman–Crippen LogP) is 2.91. The normalized spacial score (nSPS) is 10.9. The summed E-state index contributed by atoms with van der Waals surface area (Å²) in [5.41, 5.74) is 0.597. The first-order chi connectivity index (χ1) is 11.9. The summed E-state index contributed by atoms with van der Waals surface area (Å²) in [6, 6.07) is 15.4. The summed E-state index contributed by atoms with van der Waals surface area (Å²) in [7, 11) is -2.09. The van der Waals surface area contributed by atoms with E-state index >= 15 is 0 Å². The molecule has 0 aliphatic carbocycles. The van der Waals surface area contributed by atoms with E-state index in [0.29, 0.717) is 12.2 Å². The highest BCUT2D eigenvalue weighted by atomic mass is 32.2. The third-order valence-electron chi connectivity index (χ3n) is 3.42. The lowest BCUT2D eigenvalue weighted by Crippen LogP contribution is -2.26. The van der Waals surface area contributed by atoms with E-state index in [0.717, 1.165) is 4.90 Å². The fraction of sp³-hybridized carbons (Fsp3) is 0.167. The van der Waals surface area contributed by atoms with E-state index in [4.69, 9.17) is 0 Å². The molecule has 0 saturated heterocycles. The van der Waals surface area contributed by atoms with Gasteiger partial charge in [-0.3, -0.25) is 9.10 Å². The van der Waals surface area contributed by atoms with Gasteiger partial charge in [-0.25, -0.2) is 8.42 Å². The fourth-order valence-corrected chi connectivity index (χ4v) is 3.95. The second-order valence-corrected chi connectivity index (χ2v) is 8.18. The molecule has 5 nitrogen and oxygen atoms in total. The molecular formula is C18H20N2O3S2. The summed E-state index contributed by atoms with van der Waals surface area (Å²) in [4.78, 5) is 12.6. The molecule has 0 bridgehead atoms. The van der Waals surface area contributed by atoms with E-state index < -0.39 is 10.0 Å². The molecule has 0 aliphatic rings. The number of carbonyl (C=O) groups excluding carboxylic acids is 1. The van der Waals surface area contributed by atoms with Crippen molar-refractivity contribution >= 4 is 33.4 Å². The van der Waals surface area contributed by atoms with Crippen LogP contribution in [0.15, 0.2) is 77.0 Å². The Bertz CT molecular complexity index is 819. The van der Waals surface area contributed by atoms with Crippen molar-refractivity contribution < 1.29 is 13.2 Å². The number of hydrogen-bond acceptors (Lipinski definition) is 4. The van der Waals surface area contributed by atoms with Crippen LogP contribution in [-0.2, 0) is 14.8 Å². The largest absolute Gasteiger partial charge is 0.352 e. The zero-order valence-corrected chi connectivity index (χ0v) is 15.5. The predicted molar refractivity (Wildman–Crippen MR) is 102 cm³/mol. The molecule has 0 heterocycles. The Balaban J connectivity index is 2.06. The first kappa shape index (κ1) is 19.1. The molecule has 1 N–H and O–H groups in total. The molecule has 0 aromatic heterocycles. The summed E-state index contributed by atoms with van der Waals surface area (Å²) in [5, 5.41) is 2.69. The van der Waals surface area contributed by atoms with E-state index in [1.54, 1.807) is 54.6 Å². The Morgan fingerprint density at radius 2 is 1.80 bits per heavy atom. The third kappa shape index (κ3) is 5.11. The van der Waals surface area contributed by atoms with Gasteiger partial charge < -0.3 is 5.32 Å². The van der Waals surface area contributed by atoms with E-state index in [1.165, 1.54) is 23.1 Å². The molecule has 0 saturated carbocycles. The van der Waals surface area contributed by atoms with Gasteiger partial charge in [0.15, 0.2) is 0 Å². The summed E-state index contributed by atoms with van der Waals surface area (Å²) in [6.07, 6.45) is 1.62. The van der Waals surface area contributed by atoms with Gasteiger partial charge in [-0.2, -0.15) is 0 Å². The van der Waals surface area contributed by atoms with Gasteiger partial charge in [0.2, 0.25) is 5.91 Å². The second-order valence-electron chi connectivity index (χ2n) is 5.16. The van der Waals surface area contributed by atoms with E-state index in [9.17, 15) is 13.2 Å². The first-order valence-corrected chi connectivity index (χ1v) is 10.0. The quantitative estimate of drug-likeness (QED) is 0.568. The summed E-state index contributed by atoms with van der Waals surface area (Å²) < 4.78 is 26.6. The molecular weight excluding hydrogens is 356 g/mol. The van der Waals surface area contributed by atoms with Crippen LogP contribution in [0.5, 0.6) is 0 Å². The lowest BCUT2D eigenvalue weighted by Gasteiger charge is -2.19. The first-order valence-electron chi connectivity index (χ1n) is 7.59. The van der Waals surface area contributed by atoms with Crippen LogP contribution in [0.25, 0.3) is 0 Å². The number of nitrogens with zero attached hydrogens (tertiary/aromatic N) is 1. The highest BCUT2D eigenvalue weighted by Gasteiger charge is 2.20. The SMILES string of the molecule is C=CCNC(=O)CSc1ccc(S(=O)(=O)N(C)c2ccccc2)cc1. The number of benzene rings is 2. The molecule has 0 unspecified atom stereocenters. The van der Waals surface area contributed by atoms with Gasteiger partial charge in [0.25, 0.3) is 10.0 Å². The lowest BCUT2D eigenvalue weighted by atomic mass is 10.3. The molecule has 2 aromatic carbocycles. The Morgan fingerprint density at radius 1 is 1.16 bits per heavy atom. The van der Waals surface area contributed by atoms with Crippen molar-refractivity contribution in [1.82, 2.24) is 5.32 Å². The van der Waals surface area contributed by atoms with Gasteiger partial charge in [0, 0.05) is 18.5 Å². The number of para-hydroxylation sites is 1. The molecule has 1 amide bonds. The average molecular weight is 377 g/mol. The van der Waals surface area contributed by atoms with Gasteiger partial charge >= 0.3 is 0 Å². The number of carbonyl (C=O) groups is 1. The van der Waals surface area contributed by atoms with Crippen LogP contribution >= 0.6 is 11.8 Å². The number of anilines is 1. The smallest absolute Gasteiger partial charge is 0.264 e. The summed E-state index contributed by atoms with van der Waals surface area (Å²) >= 11 is 1.35. The van der Waals surface area contributed by atoms with E-state index in [2.05, 4.69) is 11.9 Å². The van der Waals surface area contributed by atoms with Crippen molar-refractivity contribution in [3.05, 3.63) is 67.3 Å². The summed E-state index contributed by atoms with van der Waals surface area (Å²) in [6.45, 7) is 3.97. The van der Waals surface area contributed by atoms with Gasteiger partial charge in [-0.15, -0.1) is 18.3 Å². The Labute approximate surface area is 152 Å². The number of thioether (sulfide) groups is 1. The minimum Gasteiger partial charge on any atom is -0.352 e. The van der Waals surface area contributed by atoms with Crippen molar-refractivity contribution in [3.63, 3.8) is 0 Å².